The van der Waals surface area contributed by atoms with E-state index in [0.717, 1.165) is 30.2 Å². The summed E-state index contributed by atoms with van der Waals surface area (Å²) in [6, 6.07) is 2.65. The zero-order valence-corrected chi connectivity index (χ0v) is 14.7. The SMILES string of the molecule is O=C(CSc1nnc(-c2ccncc2)n1C1CC1)NC(=O)NCC(F)(F)F. The van der Waals surface area contributed by atoms with Gasteiger partial charge in [-0.25, -0.2) is 4.79 Å². The molecule has 0 saturated heterocycles. The third-order valence-corrected chi connectivity index (χ3v) is 4.49. The van der Waals surface area contributed by atoms with Crippen molar-refractivity contribution in [1.29, 1.82) is 0 Å². The molecule has 0 spiro atoms. The van der Waals surface area contributed by atoms with E-state index < -0.39 is 24.7 Å². The van der Waals surface area contributed by atoms with Crippen molar-refractivity contribution in [2.45, 2.75) is 30.2 Å². The second kappa shape index (κ2) is 7.94. The summed E-state index contributed by atoms with van der Waals surface area (Å²) >= 11 is 1.06. The Hall–Kier alpha value is -2.63. The Kier molecular flexibility index (Phi) is 5.63. The number of urea groups is 1. The van der Waals surface area contributed by atoms with Gasteiger partial charge < -0.3 is 5.32 Å². The number of nitrogens with zero attached hydrogens (tertiary/aromatic N) is 4. The highest BCUT2D eigenvalue weighted by molar-refractivity contribution is 7.99. The summed E-state index contributed by atoms with van der Waals surface area (Å²) in [5.41, 5.74) is 0.840. The number of thioether (sulfide) groups is 1. The van der Waals surface area contributed by atoms with Gasteiger partial charge in [0.25, 0.3) is 0 Å². The fourth-order valence-corrected chi connectivity index (χ4v) is 3.06. The largest absolute Gasteiger partial charge is 0.405 e. The summed E-state index contributed by atoms with van der Waals surface area (Å²) < 4.78 is 38.0. The molecule has 8 nitrogen and oxygen atoms in total. The van der Waals surface area contributed by atoms with Crippen molar-refractivity contribution in [2.75, 3.05) is 12.3 Å². The molecule has 3 amide bonds. The highest BCUT2D eigenvalue weighted by Crippen LogP contribution is 2.40. The molecule has 0 aromatic carbocycles. The standard InChI is InChI=1S/C15H15F3N6O2S/c16-15(17,18)8-20-13(26)21-11(25)7-27-14-23-22-12(24(14)10-1-2-10)9-3-5-19-6-4-9/h3-6,10H,1-2,7-8H2,(H2,20,21,25,26). The van der Waals surface area contributed by atoms with Crippen molar-refractivity contribution in [1.82, 2.24) is 30.4 Å². The average molecular weight is 400 g/mol. The number of hydrogen-bond acceptors (Lipinski definition) is 6. The van der Waals surface area contributed by atoms with Crippen LogP contribution in [0.3, 0.4) is 0 Å². The lowest BCUT2D eigenvalue weighted by molar-refractivity contribution is -0.124. The van der Waals surface area contributed by atoms with Gasteiger partial charge in [0.15, 0.2) is 11.0 Å². The second-order valence-corrected chi connectivity index (χ2v) is 6.72. The first-order chi connectivity index (χ1) is 12.8. The van der Waals surface area contributed by atoms with Gasteiger partial charge in [-0.2, -0.15) is 13.2 Å². The van der Waals surface area contributed by atoms with E-state index >= 15 is 0 Å². The quantitative estimate of drug-likeness (QED) is 0.721. The number of carbonyl (C=O) groups excluding carboxylic acids is 2. The van der Waals surface area contributed by atoms with Crippen molar-refractivity contribution in [3.05, 3.63) is 24.5 Å². The third-order valence-electron chi connectivity index (χ3n) is 3.55. The van der Waals surface area contributed by atoms with Crippen LogP contribution in [0.25, 0.3) is 11.4 Å². The van der Waals surface area contributed by atoms with Crippen LogP contribution in [0.2, 0.25) is 0 Å². The summed E-state index contributed by atoms with van der Waals surface area (Å²) in [7, 11) is 0. The van der Waals surface area contributed by atoms with Crippen LogP contribution >= 0.6 is 11.8 Å². The monoisotopic (exact) mass is 400 g/mol. The van der Waals surface area contributed by atoms with Crippen LogP contribution < -0.4 is 10.6 Å². The molecule has 2 aromatic rings. The van der Waals surface area contributed by atoms with Gasteiger partial charge in [-0.1, -0.05) is 11.8 Å². The smallest absolute Gasteiger partial charge is 0.329 e. The van der Waals surface area contributed by atoms with E-state index in [-0.39, 0.29) is 11.8 Å². The molecule has 1 aliphatic rings. The number of carbonyl (C=O) groups is 2. The number of pyridine rings is 1. The summed E-state index contributed by atoms with van der Waals surface area (Å²) in [6.45, 7) is -1.51. The molecule has 27 heavy (non-hydrogen) atoms. The van der Waals surface area contributed by atoms with Crippen LogP contribution in [-0.4, -0.2) is 50.2 Å². The number of hydrogen-bond donors (Lipinski definition) is 2. The van der Waals surface area contributed by atoms with Crippen LogP contribution in [0.5, 0.6) is 0 Å². The first kappa shape index (κ1) is 19.1. The predicted molar refractivity (Wildman–Crippen MR) is 89.8 cm³/mol. The summed E-state index contributed by atoms with van der Waals surface area (Å²) in [6.07, 6.45) is 0.673. The molecule has 0 atom stereocenters. The third kappa shape index (κ3) is 5.42. The fraction of sp³-hybridized carbons (Fsp3) is 0.400. The summed E-state index contributed by atoms with van der Waals surface area (Å²) in [5, 5.41) is 12.2. The number of imide groups is 1. The Bertz CT molecular complexity index is 823. The van der Waals surface area contributed by atoms with Crippen LogP contribution in [0, 0.1) is 0 Å². The molecule has 144 valence electrons. The van der Waals surface area contributed by atoms with Crippen molar-refractivity contribution < 1.29 is 22.8 Å². The van der Waals surface area contributed by atoms with E-state index in [4.69, 9.17) is 0 Å². The van der Waals surface area contributed by atoms with E-state index in [2.05, 4.69) is 15.2 Å². The molecule has 2 N–H and O–H groups in total. The molecule has 2 heterocycles. The number of halogens is 3. The molecular formula is C15H15F3N6O2S. The van der Waals surface area contributed by atoms with Crippen LogP contribution in [0.15, 0.2) is 29.7 Å². The van der Waals surface area contributed by atoms with Gasteiger partial charge in [0.2, 0.25) is 5.91 Å². The van der Waals surface area contributed by atoms with Crippen LogP contribution in [0.4, 0.5) is 18.0 Å². The molecule has 1 saturated carbocycles. The fourth-order valence-electron chi connectivity index (χ4n) is 2.25. The number of amides is 3. The minimum absolute atomic E-state index is 0.180. The highest BCUT2D eigenvalue weighted by atomic mass is 32.2. The minimum Gasteiger partial charge on any atom is -0.329 e. The van der Waals surface area contributed by atoms with E-state index in [0.29, 0.717) is 11.0 Å². The van der Waals surface area contributed by atoms with E-state index in [1.807, 2.05) is 9.88 Å². The average Bonchev–Trinajstić information content (AvgIpc) is 3.37. The van der Waals surface area contributed by atoms with Crippen LogP contribution in [-0.2, 0) is 4.79 Å². The molecule has 0 unspecified atom stereocenters. The maximum Gasteiger partial charge on any atom is 0.405 e. The lowest BCUT2D eigenvalue weighted by Crippen LogP contribution is -2.43. The molecule has 0 aliphatic heterocycles. The van der Waals surface area contributed by atoms with E-state index in [1.165, 1.54) is 0 Å². The zero-order chi connectivity index (χ0) is 19.4. The molecular weight excluding hydrogens is 385 g/mol. The molecule has 0 radical (unpaired) electrons. The maximum atomic E-state index is 12.0. The van der Waals surface area contributed by atoms with Crippen molar-refractivity contribution in [3.63, 3.8) is 0 Å². The predicted octanol–water partition coefficient (Wildman–Crippen LogP) is 2.16. The summed E-state index contributed by atoms with van der Waals surface area (Å²) in [5.74, 6) is -0.248. The number of aromatic nitrogens is 4. The number of nitrogens with one attached hydrogen (secondary N) is 2. The lowest BCUT2D eigenvalue weighted by atomic mass is 10.2. The van der Waals surface area contributed by atoms with Crippen molar-refractivity contribution >= 4 is 23.7 Å². The van der Waals surface area contributed by atoms with Gasteiger partial charge in [-0.15, -0.1) is 10.2 Å². The van der Waals surface area contributed by atoms with Crippen molar-refractivity contribution in [2.24, 2.45) is 0 Å². The Morgan fingerprint density at radius 2 is 1.93 bits per heavy atom. The van der Waals surface area contributed by atoms with Gasteiger partial charge in [0.05, 0.1) is 5.75 Å². The maximum absolute atomic E-state index is 12.0. The van der Waals surface area contributed by atoms with Gasteiger partial charge in [0, 0.05) is 24.0 Å². The number of rotatable bonds is 6. The molecule has 0 bridgehead atoms. The topological polar surface area (TPSA) is 102 Å². The number of alkyl halides is 3. The molecule has 1 fully saturated rings. The zero-order valence-electron chi connectivity index (χ0n) is 13.9. The van der Waals surface area contributed by atoms with E-state index in [1.54, 1.807) is 29.8 Å². The first-order valence-corrected chi connectivity index (χ1v) is 8.94. The van der Waals surface area contributed by atoms with Crippen LogP contribution in [0.1, 0.15) is 18.9 Å². The molecule has 3 rings (SSSR count). The Morgan fingerprint density at radius 1 is 1.22 bits per heavy atom. The Labute approximate surface area is 155 Å². The molecule has 12 heteroatoms. The molecule has 2 aromatic heterocycles. The Balaban J connectivity index is 1.59. The first-order valence-electron chi connectivity index (χ1n) is 7.96. The van der Waals surface area contributed by atoms with E-state index in [9.17, 15) is 22.8 Å². The van der Waals surface area contributed by atoms with Crippen molar-refractivity contribution in [3.8, 4) is 11.4 Å². The normalized spacial score (nSPS) is 14.0. The molecule has 1 aliphatic carbocycles. The summed E-state index contributed by atoms with van der Waals surface area (Å²) in [4.78, 5) is 27.0. The minimum atomic E-state index is -4.54. The van der Waals surface area contributed by atoms with Gasteiger partial charge >= 0.3 is 12.2 Å². The second-order valence-electron chi connectivity index (χ2n) is 5.78. The lowest BCUT2D eigenvalue weighted by Gasteiger charge is -2.10. The van der Waals surface area contributed by atoms with Gasteiger partial charge in [-0.3, -0.25) is 19.7 Å². The Morgan fingerprint density at radius 3 is 2.56 bits per heavy atom. The van der Waals surface area contributed by atoms with Gasteiger partial charge in [0.1, 0.15) is 6.54 Å². The highest BCUT2D eigenvalue weighted by Gasteiger charge is 2.31. The van der Waals surface area contributed by atoms with Gasteiger partial charge in [-0.05, 0) is 25.0 Å².